The molecule has 27 heavy (non-hydrogen) atoms. The van der Waals surface area contributed by atoms with Crippen molar-refractivity contribution in [2.45, 2.75) is 6.92 Å². The molecule has 0 saturated heterocycles. The molecule has 0 aliphatic carbocycles. The van der Waals surface area contributed by atoms with Gasteiger partial charge in [-0.3, -0.25) is 4.79 Å². The second-order valence-corrected chi connectivity index (χ2v) is 7.13. The van der Waals surface area contributed by atoms with Gasteiger partial charge in [0.05, 0.1) is 16.8 Å². The van der Waals surface area contributed by atoms with Gasteiger partial charge in [0.15, 0.2) is 0 Å². The molecular weight excluding hydrogens is 402 g/mol. The van der Waals surface area contributed by atoms with Gasteiger partial charge in [-0.15, -0.1) is 0 Å². The molecule has 132 valence electrons. The number of halogens is 1. The summed E-state index contributed by atoms with van der Waals surface area (Å²) in [6, 6.07) is 21.3. The van der Waals surface area contributed by atoms with Crippen molar-refractivity contribution in [1.29, 1.82) is 0 Å². The molecule has 0 bridgehead atoms. The number of benzene rings is 2. The van der Waals surface area contributed by atoms with Crippen molar-refractivity contribution in [2.24, 2.45) is 0 Å². The molecule has 0 aliphatic heterocycles. The molecule has 1 amide bonds. The molecule has 4 nitrogen and oxygen atoms in total. The maximum Gasteiger partial charge on any atom is 0.257 e. The number of carbonyl (C=O) groups excluding carboxylic acids is 1. The van der Waals surface area contributed by atoms with Crippen LogP contribution in [0.2, 0.25) is 0 Å². The third-order valence-electron chi connectivity index (χ3n) is 4.31. The molecule has 0 unspecified atom stereocenters. The lowest BCUT2D eigenvalue weighted by Crippen LogP contribution is -2.15. The number of hydrogen-bond acceptors (Lipinski definition) is 3. The molecule has 0 radical (unpaired) electrons. The van der Waals surface area contributed by atoms with Gasteiger partial charge in [-0.2, -0.15) is 0 Å². The second-order valence-electron chi connectivity index (χ2n) is 6.21. The van der Waals surface area contributed by atoms with E-state index in [1.807, 2.05) is 73.7 Å². The summed E-state index contributed by atoms with van der Waals surface area (Å²) < 4.78 is 0.874. The number of nitrogens with one attached hydrogen (secondary N) is 1. The first kappa shape index (κ1) is 17.4. The number of rotatable bonds is 3. The van der Waals surface area contributed by atoms with Gasteiger partial charge >= 0.3 is 0 Å². The summed E-state index contributed by atoms with van der Waals surface area (Å²) in [5.41, 5.74) is 3.97. The van der Waals surface area contributed by atoms with E-state index >= 15 is 0 Å². The molecule has 1 N–H and O–H groups in total. The van der Waals surface area contributed by atoms with Gasteiger partial charge in [-0.05, 0) is 46.6 Å². The van der Waals surface area contributed by atoms with Gasteiger partial charge in [0.25, 0.3) is 5.91 Å². The van der Waals surface area contributed by atoms with Crippen molar-refractivity contribution in [1.82, 2.24) is 9.97 Å². The number of anilines is 1. The molecule has 4 aromatic rings. The highest BCUT2D eigenvalue weighted by molar-refractivity contribution is 9.10. The Hall–Kier alpha value is -3.05. The summed E-state index contributed by atoms with van der Waals surface area (Å²) in [4.78, 5) is 22.1. The standard InChI is InChI=1S/C22H16BrN3O/c1-14-11-16(23)13-24-21(14)26-22(27)18-12-20(15-7-3-2-4-8-15)25-19-10-6-5-9-17(18)19/h2-13H,1H3,(H,24,26,27). The van der Waals surface area contributed by atoms with E-state index < -0.39 is 0 Å². The number of fused-ring (bicyclic) bond motifs is 1. The maximum atomic E-state index is 13.1. The first-order valence-corrected chi connectivity index (χ1v) is 9.30. The molecule has 0 spiro atoms. The topological polar surface area (TPSA) is 54.9 Å². The quantitative estimate of drug-likeness (QED) is 0.470. The van der Waals surface area contributed by atoms with Crippen LogP contribution in [0.3, 0.4) is 0 Å². The Kier molecular flexibility index (Phi) is 4.69. The first-order chi connectivity index (χ1) is 13.1. The number of pyridine rings is 2. The lowest BCUT2D eigenvalue weighted by Gasteiger charge is -2.11. The van der Waals surface area contributed by atoms with Crippen LogP contribution in [-0.2, 0) is 0 Å². The average molecular weight is 418 g/mol. The Labute approximate surface area is 165 Å². The Morgan fingerprint density at radius 1 is 1.00 bits per heavy atom. The van der Waals surface area contributed by atoms with Gasteiger partial charge in [-0.1, -0.05) is 48.5 Å². The van der Waals surface area contributed by atoms with Crippen LogP contribution in [-0.4, -0.2) is 15.9 Å². The van der Waals surface area contributed by atoms with Crippen molar-refractivity contribution in [3.63, 3.8) is 0 Å². The number of aromatic nitrogens is 2. The highest BCUT2D eigenvalue weighted by atomic mass is 79.9. The van der Waals surface area contributed by atoms with Crippen molar-refractivity contribution in [3.05, 3.63) is 88.5 Å². The van der Waals surface area contributed by atoms with Crippen LogP contribution in [0.15, 0.2) is 77.4 Å². The minimum absolute atomic E-state index is 0.205. The number of para-hydroxylation sites is 1. The first-order valence-electron chi connectivity index (χ1n) is 8.50. The third-order valence-corrected chi connectivity index (χ3v) is 4.74. The minimum Gasteiger partial charge on any atom is -0.306 e. The van der Waals surface area contributed by atoms with Crippen LogP contribution >= 0.6 is 15.9 Å². The Balaban J connectivity index is 1.81. The van der Waals surface area contributed by atoms with Gasteiger partial charge in [0.2, 0.25) is 0 Å². The Bertz CT molecular complexity index is 1140. The molecular formula is C22H16BrN3O. The number of carbonyl (C=O) groups is 1. The van der Waals surface area contributed by atoms with E-state index in [1.54, 1.807) is 6.20 Å². The van der Waals surface area contributed by atoms with Crippen molar-refractivity contribution in [3.8, 4) is 11.3 Å². The van der Waals surface area contributed by atoms with Crippen LogP contribution < -0.4 is 5.32 Å². The Morgan fingerprint density at radius 2 is 1.74 bits per heavy atom. The summed E-state index contributed by atoms with van der Waals surface area (Å²) in [5.74, 6) is 0.342. The monoisotopic (exact) mass is 417 g/mol. The van der Waals surface area contributed by atoms with Gasteiger partial charge in [0, 0.05) is 21.6 Å². The predicted octanol–water partition coefficient (Wildman–Crippen LogP) is 5.62. The second kappa shape index (κ2) is 7.29. The number of amides is 1. The molecule has 2 aromatic heterocycles. The zero-order valence-corrected chi connectivity index (χ0v) is 16.2. The minimum atomic E-state index is -0.205. The maximum absolute atomic E-state index is 13.1. The van der Waals surface area contributed by atoms with Gasteiger partial charge in [0.1, 0.15) is 5.82 Å². The highest BCUT2D eigenvalue weighted by Crippen LogP contribution is 2.26. The van der Waals surface area contributed by atoms with E-state index in [-0.39, 0.29) is 5.91 Å². The van der Waals surface area contributed by atoms with E-state index in [0.717, 1.165) is 32.2 Å². The molecule has 5 heteroatoms. The largest absolute Gasteiger partial charge is 0.306 e. The molecule has 0 fully saturated rings. The SMILES string of the molecule is Cc1cc(Br)cnc1NC(=O)c1cc(-c2ccccc2)nc2ccccc12. The molecule has 0 atom stereocenters. The van der Waals surface area contributed by atoms with E-state index in [1.165, 1.54) is 0 Å². The van der Waals surface area contributed by atoms with Crippen LogP contribution in [0.1, 0.15) is 15.9 Å². The number of aryl methyl sites for hydroxylation is 1. The normalized spacial score (nSPS) is 10.7. The lowest BCUT2D eigenvalue weighted by atomic mass is 10.0. The summed E-state index contributed by atoms with van der Waals surface area (Å²) in [5, 5.41) is 3.74. The van der Waals surface area contributed by atoms with E-state index in [9.17, 15) is 4.79 Å². The van der Waals surface area contributed by atoms with Crippen molar-refractivity contribution >= 4 is 38.6 Å². The summed E-state index contributed by atoms with van der Waals surface area (Å²) in [7, 11) is 0. The zero-order chi connectivity index (χ0) is 18.8. The molecule has 0 aliphatic rings. The van der Waals surface area contributed by atoms with E-state index in [2.05, 4.69) is 26.2 Å². The average Bonchev–Trinajstić information content (AvgIpc) is 2.70. The molecule has 2 aromatic carbocycles. The Morgan fingerprint density at radius 3 is 2.52 bits per heavy atom. The van der Waals surface area contributed by atoms with E-state index in [0.29, 0.717) is 11.4 Å². The van der Waals surface area contributed by atoms with Gasteiger partial charge in [-0.25, -0.2) is 9.97 Å². The number of nitrogens with zero attached hydrogens (tertiary/aromatic N) is 2. The molecule has 4 rings (SSSR count). The fraction of sp³-hybridized carbons (Fsp3) is 0.0455. The van der Waals surface area contributed by atoms with Gasteiger partial charge < -0.3 is 5.32 Å². The third kappa shape index (κ3) is 3.59. The summed E-state index contributed by atoms with van der Waals surface area (Å²) in [6.45, 7) is 1.91. The summed E-state index contributed by atoms with van der Waals surface area (Å²) in [6.07, 6.45) is 1.67. The lowest BCUT2D eigenvalue weighted by molar-refractivity contribution is 0.102. The van der Waals surface area contributed by atoms with Crippen LogP contribution in [0.5, 0.6) is 0 Å². The predicted molar refractivity (Wildman–Crippen MR) is 112 cm³/mol. The van der Waals surface area contributed by atoms with Crippen LogP contribution in [0.4, 0.5) is 5.82 Å². The molecule has 2 heterocycles. The van der Waals surface area contributed by atoms with Crippen LogP contribution in [0.25, 0.3) is 22.2 Å². The highest BCUT2D eigenvalue weighted by Gasteiger charge is 2.15. The zero-order valence-electron chi connectivity index (χ0n) is 14.6. The van der Waals surface area contributed by atoms with Crippen LogP contribution in [0, 0.1) is 6.92 Å². The number of hydrogen-bond donors (Lipinski definition) is 1. The van der Waals surface area contributed by atoms with Crippen molar-refractivity contribution in [2.75, 3.05) is 5.32 Å². The van der Waals surface area contributed by atoms with E-state index in [4.69, 9.17) is 4.98 Å². The summed E-state index contributed by atoms with van der Waals surface area (Å²) >= 11 is 3.39. The smallest absolute Gasteiger partial charge is 0.257 e. The molecule has 0 saturated carbocycles. The fourth-order valence-electron chi connectivity index (χ4n) is 2.97. The fourth-order valence-corrected chi connectivity index (χ4v) is 3.41. The van der Waals surface area contributed by atoms with Crippen molar-refractivity contribution < 1.29 is 4.79 Å².